The minimum Gasteiger partial charge on any atom is -0.497 e. The smallest absolute Gasteiger partial charge is 0.257 e. The first-order valence-corrected chi connectivity index (χ1v) is 11.5. The lowest BCUT2D eigenvalue weighted by atomic mass is 10.1. The van der Waals surface area contributed by atoms with Crippen LogP contribution in [-0.4, -0.2) is 81.3 Å². The van der Waals surface area contributed by atoms with Crippen molar-refractivity contribution in [2.24, 2.45) is 5.92 Å². The molecule has 0 aliphatic carbocycles. The van der Waals surface area contributed by atoms with E-state index in [0.29, 0.717) is 67.0 Å². The molecule has 35 heavy (non-hydrogen) atoms. The molecule has 5 rings (SSSR count). The maximum atomic E-state index is 13.2. The molecule has 0 spiro atoms. The first kappa shape index (κ1) is 22.8. The van der Waals surface area contributed by atoms with Gasteiger partial charge in [0.2, 0.25) is 18.6 Å². The van der Waals surface area contributed by atoms with Gasteiger partial charge in [0.15, 0.2) is 11.5 Å². The standard InChI is InChI=1S/C25H27N3O7/c1-32-18-4-5-19(21(13-18)33-2)25(31)27-9-7-26(8-10-27)24(30)16-11-23(29)28(14-16)17-3-6-20-22(12-17)35-15-34-20/h3-6,12-13,16H,7-11,14-15H2,1-2H3. The van der Waals surface area contributed by atoms with Crippen LogP contribution in [0.1, 0.15) is 16.8 Å². The molecule has 3 aliphatic heterocycles. The van der Waals surface area contributed by atoms with Crippen molar-refractivity contribution in [3.8, 4) is 23.0 Å². The summed E-state index contributed by atoms with van der Waals surface area (Å²) in [6, 6.07) is 10.4. The fraction of sp³-hybridized carbons (Fsp3) is 0.400. The number of carbonyl (C=O) groups excluding carboxylic acids is 3. The highest BCUT2D eigenvalue weighted by atomic mass is 16.7. The number of piperazine rings is 1. The quantitative estimate of drug-likeness (QED) is 0.642. The number of methoxy groups -OCH3 is 2. The normalized spacial score (nSPS) is 19.2. The lowest BCUT2D eigenvalue weighted by Gasteiger charge is -2.36. The molecule has 1 atom stereocenters. The number of hydrogen-bond acceptors (Lipinski definition) is 7. The highest BCUT2D eigenvalue weighted by molar-refractivity contribution is 6.01. The third-order valence-electron chi connectivity index (χ3n) is 6.66. The first-order valence-electron chi connectivity index (χ1n) is 11.5. The fourth-order valence-electron chi connectivity index (χ4n) is 4.71. The Balaban J connectivity index is 1.20. The largest absolute Gasteiger partial charge is 0.497 e. The van der Waals surface area contributed by atoms with Crippen LogP contribution in [-0.2, 0) is 9.59 Å². The van der Waals surface area contributed by atoms with Gasteiger partial charge in [0, 0.05) is 57.0 Å². The molecule has 0 saturated carbocycles. The molecular weight excluding hydrogens is 454 g/mol. The lowest BCUT2D eigenvalue weighted by molar-refractivity contribution is -0.137. The maximum Gasteiger partial charge on any atom is 0.257 e. The Morgan fingerprint density at radius 3 is 2.40 bits per heavy atom. The Labute approximate surface area is 202 Å². The van der Waals surface area contributed by atoms with Crippen LogP contribution >= 0.6 is 0 Å². The number of hydrogen-bond donors (Lipinski definition) is 0. The van der Waals surface area contributed by atoms with Crippen molar-refractivity contribution in [2.75, 3.05) is 58.6 Å². The molecule has 2 aromatic rings. The predicted molar refractivity (Wildman–Crippen MR) is 125 cm³/mol. The molecular formula is C25H27N3O7. The van der Waals surface area contributed by atoms with Crippen LogP contribution < -0.4 is 23.8 Å². The zero-order valence-corrected chi connectivity index (χ0v) is 19.7. The molecule has 184 valence electrons. The van der Waals surface area contributed by atoms with E-state index in [4.69, 9.17) is 18.9 Å². The van der Waals surface area contributed by atoms with Gasteiger partial charge < -0.3 is 33.6 Å². The Morgan fingerprint density at radius 1 is 0.914 bits per heavy atom. The van der Waals surface area contributed by atoms with Crippen LogP contribution in [0.5, 0.6) is 23.0 Å². The van der Waals surface area contributed by atoms with Gasteiger partial charge in [0.05, 0.1) is 25.7 Å². The summed E-state index contributed by atoms with van der Waals surface area (Å²) in [7, 11) is 3.07. The molecule has 2 aromatic carbocycles. The minimum absolute atomic E-state index is 0.0595. The molecule has 0 aromatic heterocycles. The van der Waals surface area contributed by atoms with E-state index in [-0.39, 0.29) is 30.9 Å². The molecule has 2 fully saturated rings. The molecule has 2 saturated heterocycles. The number of fused-ring (bicyclic) bond motifs is 1. The second-order valence-corrected chi connectivity index (χ2v) is 8.63. The Kier molecular flexibility index (Phi) is 6.10. The van der Waals surface area contributed by atoms with Crippen molar-refractivity contribution in [1.29, 1.82) is 0 Å². The average molecular weight is 482 g/mol. The summed E-state index contributed by atoms with van der Waals surface area (Å²) in [4.78, 5) is 44.0. The van der Waals surface area contributed by atoms with Crippen LogP contribution in [0.25, 0.3) is 0 Å². The van der Waals surface area contributed by atoms with Gasteiger partial charge >= 0.3 is 0 Å². The third-order valence-corrected chi connectivity index (χ3v) is 6.66. The van der Waals surface area contributed by atoms with E-state index in [9.17, 15) is 14.4 Å². The Bertz CT molecular complexity index is 1160. The predicted octanol–water partition coefficient (Wildman–Crippen LogP) is 1.77. The van der Waals surface area contributed by atoms with Gasteiger partial charge in [-0.1, -0.05) is 0 Å². The van der Waals surface area contributed by atoms with E-state index >= 15 is 0 Å². The number of rotatable bonds is 5. The number of nitrogens with zero attached hydrogens (tertiary/aromatic N) is 3. The monoisotopic (exact) mass is 481 g/mol. The van der Waals surface area contributed by atoms with Crippen LogP contribution in [0.4, 0.5) is 5.69 Å². The van der Waals surface area contributed by atoms with Crippen molar-refractivity contribution in [1.82, 2.24) is 9.80 Å². The van der Waals surface area contributed by atoms with Crippen LogP contribution in [0.2, 0.25) is 0 Å². The van der Waals surface area contributed by atoms with Gasteiger partial charge in [-0.15, -0.1) is 0 Å². The first-order chi connectivity index (χ1) is 17.0. The van der Waals surface area contributed by atoms with Gasteiger partial charge in [0.1, 0.15) is 11.5 Å². The summed E-state index contributed by atoms with van der Waals surface area (Å²) in [6.45, 7) is 2.13. The Morgan fingerprint density at radius 2 is 1.66 bits per heavy atom. The molecule has 3 aliphatic rings. The topological polar surface area (TPSA) is 97.9 Å². The zero-order valence-electron chi connectivity index (χ0n) is 19.7. The molecule has 10 nitrogen and oxygen atoms in total. The van der Waals surface area contributed by atoms with E-state index in [0.717, 1.165) is 0 Å². The highest BCUT2D eigenvalue weighted by Crippen LogP contribution is 2.37. The molecule has 3 amide bonds. The van der Waals surface area contributed by atoms with Crippen LogP contribution in [0.3, 0.4) is 0 Å². The van der Waals surface area contributed by atoms with Crippen molar-refractivity contribution >= 4 is 23.4 Å². The molecule has 3 heterocycles. The maximum absolute atomic E-state index is 13.2. The number of benzene rings is 2. The summed E-state index contributed by atoms with van der Waals surface area (Å²) < 4.78 is 21.3. The van der Waals surface area contributed by atoms with Gasteiger partial charge in [-0.25, -0.2) is 0 Å². The molecule has 0 bridgehead atoms. The van der Waals surface area contributed by atoms with E-state index in [1.165, 1.54) is 7.11 Å². The fourth-order valence-corrected chi connectivity index (χ4v) is 4.71. The van der Waals surface area contributed by atoms with Crippen molar-refractivity contribution < 1.29 is 33.3 Å². The van der Waals surface area contributed by atoms with Crippen molar-refractivity contribution in [2.45, 2.75) is 6.42 Å². The van der Waals surface area contributed by atoms with Crippen molar-refractivity contribution in [3.63, 3.8) is 0 Å². The van der Waals surface area contributed by atoms with Gasteiger partial charge in [-0.3, -0.25) is 14.4 Å². The summed E-state index contributed by atoms with van der Waals surface area (Å²) in [5.41, 5.74) is 1.15. The molecule has 0 radical (unpaired) electrons. The van der Waals surface area contributed by atoms with E-state index in [1.54, 1.807) is 58.2 Å². The van der Waals surface area contributed by atoms with Gasteiger partial charge in [-0.2, -0.15) is 0 Å². The summed E-state index contributed by atoms with van der Waals surface area (Å²) in [5, 5.41) is 0. The second kappa shape index (κ2) is 9.36. The molecule has 10 heteroatoms. The number of carbonyl (C=O) groups is 3. The second-order valence-electron chi connectivity index (χ2n) is 8.63. The van der Waals surface area contributed by atoms with Crippen molar-refractivity contribution in [3.05, 3.63) is 42.0 Å². The summed E-state index contributed by atoms with van der Waals surface area (Å²) in [5.74, 6) is 1.57. The molecule has 0 N–H and O–H groups in total. The number of ether oxygens (including phenoxy) is 4. The number of amides is 3. The SMILES string of the molecule is COc1ccc(C(=O)N2CCN(C(=O)C3CC(=O)N(c4ccc5c(c4)OCO5)C3)CC2)c(OC)c1. The third kappa shape index (κ3) is 4.31. The highest BCUT2D eigenvalue weighted by Gasteiger charge is 2.38. The van der Waals surface area contributed by atoms with E-state index in [1.807, 2.05) is 0 Å². The van der Waals surface area contributed by atoms with E-state index in [2.05, 4.69) is 0 Å². The lowest BCUT2D eigenvalue weighted by Crippen LogP contribution is -2.52. The van der Waals surface area contributed by atoms with Crippen LogP contribution in [0, 0.1) is 5.92 Å². The average Bonchev–Trinajstić information content (AvgIpc) is 3.53. The zero-order chi connectivity index (χ0) is 24.5. The van der Waals surface area contributed by atoms with Crippen LogP contribution in [0.15, 0.2) is 36.4 Å². The number of anilines is 1. The summed E-state index contributed by atoms with van der Waals surface area (Å²) in [6.07, 6.45) is 0.162. The summed E-state index contributed by atoms with van der Waals surface area (Å²) >= 11 is 0. The van der Waals surface area contributed by atoms with E-state index < -0.39 is 5.92 Å². The van der Waals surface area contributed by atoms with Gasteiger partial charge in [-0.05, 0) is 24.3 Å². The molecule has 1 unspecified atom stereocenters. The van der Waals surface area contributed by atoms with Gasteiger partial charge in [0.25, 0.3) is 5.91 Å². The minimum atomic E-state index is -0.420. The Hall–Kier alpha value is -3.95.